The van der Waals surface area contributed by atoms with Gasteiger partial charge in [0.15, 0.2) is 5.78 Å². The number of Topliss-reactive ketones (excluding diaryl/α,β-unsaturated/α-hetero) is 3. The number of ketones is 3. The van der Waals surface area contributed by atoms with E-state index in [-0.39, 0.29) is 66.8 Å². The van der Waals surface area contributed by atoms with E-state index in [0.29, 0.717) is 63.4 Å². The van der Waals surface area contributed by atoms with Crippen LogP contribution in [0.3, 0.4) is 0 Å². The minimum Gasteiger partial charge on any atom is -0.460 e. The number of carbonyl (C=O) groups is 5. The molecule has 1 saturated carbocycles. The second-order valence-corrected chi connectivity index (χ2v) is 20.1. The molecule has 64 heavy (non-hydrogen) atoms. The Kier molecular flexibility index (Phi) is 22.5. The molecule has 1 amide bonds. The molecule has 1 saturated heterocycles. The highest BCUT2D eigenvalue weighted by atomic mass is 16.5. The third-order valence-corrected chi connectivity index (χ3v) is 14.5. The molecule has 362 valence electrons. The molecular formula is C52H83NO11. The average molecular weight is 898 g/mol. The Bertz CT molecular complexity index is 1670. The third-order valence-electron chi connectivity index (χ3n) is 14.5. The van der Waals surface area contributed by atoms with E-state index in [4.69, 9.17) is 14.2 Å². The lowest BCUT2D eigenvalue weighted by Gasteiger charge is -2.38. The lowest BCUT2D eigenvalue weighted by atomic mass is 9.79. The van der Waals surface area contributed by atoms with Crippen molar-refractivity contribution in [2.24, 2.45) is 41.4 Å². The first kappa shape index (κ1) is 55.0. The van der Waals surface area contributed by atoms with Gasteiger partial charge in [0.1, 0.15) is 35.7 Å². The van der Waals surface area contributed by atoms with Crippen LogP contribution in [0.15, 0.2) is 47.6 Å². The number of methoxy groups -OCH3 is 2. The predicted molar refractivity (Wildman–Crippen MR) is 249 cm³/mol. The number of carbonyl (C=O) groups excluding carboxylic acids is 5. The van der Waals surface area contributed by atoms with E-state index < -0.39 is 65.4 Å². The van der Waals surface area contributed by atoms with Crippen molar-refractivity contribution >= 4 is 29.2 Å². The fraction of sp³-hybridized carbons (Fsp3) is 0.750. The van der Waals surface area contributed by atoms with Gasteiger partial charge in [-0.25, -0.2) is 4.79 Å². The molecule has 12 atom stereocenters. The zero-order valence-corrected chi connectivity index (χ0v) is 40.9. The Balaban J connectivity index is 1.99. The van der Waals surface area contributed by atoms with Crippen molar-refractivity contribution in [1.82, 2.24) is 4.90 Å². The molecule has 2 aliphatic heterocycles. The molecule has 12 nitrogen and oxygen atoms in total. The number of ether oxygens (including phenoxy) is 3. The third kappa shape index (κ3) is 16.0. The van der Waals surface area contributed by atoms with Crippen molar-refractivity contribution in [3.8, 4) is 0 Å². The number of aliphatic hydroxyl groups is 3. The highest BCUT2D eigenvalue weighted by Crippen LogP contribution is 2.34. The monoisotopic (exact) mass is 898 g/mol. The standard InChI is InChI=1S/C52H83NO11/c1-32-17-13-12-14-18-34(3)44(62-10)28-33(2)20-21-39(8)52(9,61)49(58)50(59)53-26-16-15-19-42(53)51(60)64-45(36(5)30-40-22-24-41(54)25-23-40)31-43(55)35(4)29-38(7)47(57)48(63-11)46(56)37(6)27-32/h12-14,17-18,29,32-33,35-37,39-42,44-45,47-48,54,57,61H,15-16,19-28,30-31H2,1-11H3/b14-12+,17-13+,34-18?,38-29+/t32-,33+,35-,36-,37-,39-,40?,41?,42+,44+,45+,47-,48+,52+/m1/s1. The summed E-state index contributed by atoms with van der Waals surface area (Å²) < 4.78 is 17.7. The van der Waals surface area contributed by atoms with Gasteiger partial charge in [-0.2, -0.15) is 0 Å². The quantitative estimate of drug-likeness (QED) is 0.139. The largest absolute Gasteiger partial charge is 0.460 e. The fourth-order valence-electron chi connectivity index (χ4n) is 9.68. The Morgan fingerprint density at radius 1 is 0.844 bits per heavy atom. The van der Waals surface area contributed by atoms with Gasteiger partial charge in [-0.3, -0.25) is 19.2 Å². The highest BCUT2D eigenvalue weighted by molar-refractivity contribution is 6.39. The molecule has 0 spiro atoms. The maximum atomic E-state index is 14.2. The first-order chi connectivity index (χ1) is 30.1. The molecule has 0 aromatic rings. The van der Waals surface area contributed by atoms with Crippen LogP contribution in [0, 0.1) is 41.4 Å². The average Bonchev–Trinajstić information content (AvgIpc) is 3.26. The number of cyclic esters (lactones) is 1. The lowest BCUT2D eigenvalue weighted by Crippen LogP contribution is -2.57. The summed E-state index contributed by atoms with van der Waals surface area (Å²) in [5, 5.41) is 33.2. The molecule has 3 aliphatic rings. The number of rotatable bonds is 5. The number of allylic oxidation sites excluding steroid dienone is 6. The number of esters is 1. The van der Waals surface area contributed by atoms with E-state index >= 15 is 0 Å². The SMILES string of the molecule is CO[C@H]1C[C@@H](C)CC[C@@H](C)[C@](C)(O)C(=O)C(=O)N2CCCC[C@H]2C(=O)O[C@H]([C@H](C)CC2CCC(O)CC2)CC(=O)[C@H](C)/C=C(\C)[C@@H](O)[C@@H](OC)C(=O)[C@H](C)C[C@H](C)/C=C/C=C/C=C1C. The highest BCUT2D eigenvalue weighted by Gasteiger charge is 2.46. The van der Waals surface area contributed by atoms with Gasteiger partial charge in [-0.1, -0.05) is 84.4 Å². The van der Waals surface area contributed by atoms with E-state index in [2.05, 4.69) is 6.92 Å². The van der Waals surface area contributed by atoms with Gasteiger partial charge in [0, 0.05) is 39.0 Å². The number of hydrogen-bond donors (Lipinski definition) is 3. The van der Waals surface area contributed by atoms with Crippen molar-refractivity contribution in [2.75, 3.05) is 20.8 Å². The number of hydrogen-bond acceptors (Lipinski definition) is 11. The second kappa shape index (κ2) is 26.2. The van der Waals surface area contributed by atoms with Gasteiger partial charge in [-0.05, 0) is 132 Å². The Morgan fingerprint density at radius 2 is 1.52 bits per heavy atom. The molecular weight excluding hydrogens is 815 g/mol. The zero-order chi connectivity index (χ0) is 47.9. The number of aliphatic hydroxyl groups excluding tert-OH is 2. The second-order valence-electron chi connectivity index (χ2n) is 20.1. The molecule has 2 fully saturated rings. The molecule has 3 N–H and O–H groups in total. The molecule has 3 rings (SSSR count). The zero-order valence-electron chi connectivity index (χ0n) is 40.9. The van der Waals surface area contributed by atoms with E-state index in [0.717, 1.165) is 18.4 Å². The minimum absolute atomic E-state index is 0.0572. The summed E-state index contributed by atoms with van der Waals surface area (Å²) in [6.07, 6.45) is 15.2. The number of fused-ring (bicyclic) bond motifs is 1. The van der Waals surface area contributed by atoms with Gasteiger partial charge in [-0.15, -0.1) is 0 Å². The first-order valence-corrected chi connectivity index (χ1v) is 24.1. The summed E-state index contributed by atoms with van der Waals surface area (Å²) in [6, 6.07) is -1.06. The summed E-state index contributed by atoms with van der Waals surface area (Å²) in [5.41, 5.74) is -0.533. The van der Waals surface area contributed by atoms with Crippen LogP contribution in [0.25, 0.3) is 0 Å². The van der Waals surface area contributed by atoms with Crippen LogP contribution < -0.4 is 0 Å². The molecule has 1 aliphatic carbocycles. The lowest BCUT2D eigenvalue weighted by molar-refractivity contribution is -0.169. The van der Waals surface area contributed by atoms with Crippen LogP contribution in [0.4, 0.5) is 0 Å². The van der Waals surface area contributed by atoms with Gasteiger partial charge in [0.05, 0.1) is 12.2 Å². The number of amides is 1. The number of nitrogens with zero attached hydrogens (tertiary/aromatic N) is 1. The van der Waals surface area contributed by atoms with Crippen LogP contribution in [-0.4, -0.2) is 112 Å². The van der Waals surface area contributed by atoms with Crippen LogP contribution in [-0.2, 0) is 38.2 Å². The molecule has 2 heterocycles. The fourth-order valence-corrected chi connectivity index (χ4v) is 9.68. The maximum absolute atomic E-state index is 14.2. The summed E-state index contributed by atoms with van der Waals surface area (Å²) in [7, 11) is 3.06. The van der Waals surface area contributed by atoms with Crippen molar-refractivity contribution in [3.63, 3.8) is 0 Å². The van der Waals surface area contributed by atoms with Crippen LogP contribution in [0.5, 0.6) is 0 Å². The molecule has 0 bridgehead atoms. The summed E-state index contributed by atoms with van der Waals surface area (Å²) in [4.78, 5) is 71.1. The van der Waals surface area contributed by atoms with Crippen LogP contribution in [0.1, 0.15) is 146 Å². The van der Waals surface area contributed by atoms with E-state index in [9.17, 15) is 39.3 Å². The first-order valence-electron chi connectivity index (χ1n) is 24.1. The predicted octanol–water partition coefficient (Wildman–Crippen LogP) is 7.86. The van der Waals surface area contributed by atoms with Crippen molar-refractivity contribution in [2.45, 2.75) is 188 Å². The molecule has 0 unspecified atom stereocenters. The molecule has 0 aromatic carbocycles. The van der Waals surface area contributed by atoms with Gasteiger partial charge >= 0.3 is 5.97 Å². The normalized spacial score (nSPS) is 38.4. The molecule has 12 heteroatoms. The topological polar surface area (TPSA) is 177 Å². The minimum atomic E-state index is -1.98. The smallest absolute Gasteiger partial charge is 0.329 e. The van der Waals surface area contributed by atoms with Crippen LogP contribution in [0.2, 0.25) is 0 Å². The van der Waals surface area contributed by atoms with Crippen LogP contribution >= 0.6 is 0 Å². The summed E-state index contributed by atoms with van der Waals surface area (Å²) >= 11 is 0. The van der Waals surface area contributed by atoms with Gasteiger partial charge < -0.3 is 34.4 Å². The van der Waals surface area contributed by atoms with E-state index in [1.54, 1.807) is 34.0 Å². The maximum Gasteiger partial charge on any atom is 0.329 e. The Hall–Kier alpha value is -3.29. The van der Waals surface area contributed by atoms with Crippen molar-refractivity contribution in [3.05, 3.63) is 47.6 Å². The van der Waals surface area contributed by atoms with E-state index in [1.807, 2.05) is 58.1 Å². The molecule has 0 radical (unpaired) electrons. The van der Waals surface area contributed by atoms with Gasteiger partial charge in [0.25, 0.3) is 11.7 Å². The molecule has 0 aromatic heterocycles. The van der Waals surface area contributed by atoms with E-state index in [1.165, 1.54) is 18.9 Å². The Labute approximate surface area is 384 Å². The summed E-state index contributed by atoms with van der Waals surface area (Å²) in [6.45, 7) is 16.6. The number of piperidine rings is 1. The summed E-state index contributed by atoms with van der Waals surface area (Å²) in [5.74, 6) is -4.48. The van der Waals surface area contributed by atoms with Gasteiger partial charge in [0.2, 0.25) is 0 Å². The van der Waals surface area contributed by atoms with Crippen molar-refractivity contribution < 1.29 is 53.5 Å². The van der Waals surface area contributed by atoms with Crippen molar-refractivity contribution in [1.29, 1.82) is 0 Å². The Morgan fingerprint density at radius 3 is 2.16 bits per heavy atom.